The van der Waals surface area contributed by atoms with E-state index in [2.05, 4.69) is 45.0 Å². The van der Waals surface area contributed by atoms with Crippen molar-refractivity contribution in [2.24, 2.45) is 0 Å². The summed E-state index contributed by atoms with van der Waals surface area (Å²) in [6, 6.07) is 18.7. The topological polar surface area (TPSA) is 105 Å². The fourth-order valence-corrected chi connectivity index (χ4v) is 3.45. The maximum absolute atomic E-state index is 12.9. The molecule has 3 rings (SSSR count). The fourth-order valence-electron chi connectivity index (χ4n) is 3.45. The first kappa shape index (κ1) is 24.9. The third-order valence-electron chi connectivity index (χ3n) is 5.31. The quantitative estimate of drug-likeness (QED) is 0.352. The molecule has 0 bridgehead atoms. The van der Waals surface area contributed by atoms with Crippen LogP contribution in [0.25, 0.3) is 0 Å². The van der Waals surface area contributed by atoms with Gasteiger partial charge in [0.2, 0.25) is 5.91 Å². The van der Waals surface area contributed by atoms with Gasteiger partial charge in [0.1, 0.15) is 18.0 Å². The summed E-state index contributed by atoms with van der Waals surface area (Å²) in [5, 5.41) is 9.47. The van der Waals surface area contributed by atoms with E-state index in [9.17, 15) is 9.59 Å². The van der Waals surface area contributed by atoms with Crippen molar-refractivity contribution in [2.45, 2.75) is 38.8 Å². The van der Waals surface area contributed by atoms with Crippen molar-refractivity contribution in [3.8, 4) is 0 Å². The molecule has 178 valence electrons. The van der Waals surface area contributed by atoms with Crippen LogP contribution in [0.5, 0.6) is 0 Å². The van der Waals surface area contributed by atoms with Crippen molar-refractivity contribution < 1.29 is 14.3 Å². The number of benzene rings is 2. The Hall–Kier alpha value is -3.78. The molecule has 1 atom stereocenters. The van der Waals surface area contributed by atoms with Crippen molar-refractivity contribution in [1.82, 2.24) is 15.3 Å². The summed E-state index contributed by atoms with van der Waals surface area (Å²) in [4.78, 5) is 32.8. The molecule has 1 amide bonds. The summed E-state index contributed by atoms with van der Waals surface area (Å²) in [6.45, 7) is 3.28. The van der Waals surface area contributed by atoms with Crippen LogP contribution in [0.3, 0.4) is 0 Å². The molecule has 0 saturated carbocycles. The normalized spacial score (nSPS) is 11.5. The molecule has 0 aliphatic carbocycles. The third-order valence-corrected chi connectivity index (χ3v) is 5.31. The van der Waals surface area contributed by atoms with E-state index in [1.54, 1.807) is 18.2 Å². The minimum Gasteiger partial charge on any atom is -0.465 e. The molecule has 8 nitrogen and oxygen atoms in total. The Labute approximate surface area is 200 Å². The molecular weight excluding hydrogens is 430 g/mol. The van der Waals surface area contributed by atoms with E-state index in [1.165, 1.54) is 19.0 Å². The highest BCUT2D eigenvalue weighted by Gasteiger charge is 2.17. The van der Waals surface area contributed by atoms with E-state index in [0.29, 0.717) is 30.3 Å². The number of anilines is 2. The van der Waals surface area contributed by atoms with Crippen LogP contribution in [0.4, 0.5) is 11.6 Å². The molecule has 0 aliphatic rings. The lowest BCUT2D eigenvalue weighted by atomic mass is 10.1. The first-order valence-corrected chi connectivity index (χ1v) is 11.4. The monoisotopic (exact) mass is 461 g/mol. The summed E-state index contributed by atoms with van der Waals surface area (Å²) in [6.07, 6.45) is 3.90. The van der Waals surface area contributed by atoms with E-state index < -0.39 is 0 Å². The highest BCUT2D eigenvalue weighted by atomic mass is 16.5. The summed E-state index contributed by atoms with van der Waals surface area (Å²) in [5.41, 5.74) is 2.71. The van der Waals surface area contributed by atoms with Crippen LogP contribution in [0.15, 0.2) is 67.0 Å². The standard InChI is InChI=1S/C26H31N5O3/c1-3-7-22(27-15-14-19-8-5-4-6-9-19)25(32)31-24-16-23(29-18-30-24)28-17-20-10-12-21(13-11-20)26(33)34-2/h4-6,8-13,16,18,22,27H,3,7,14-15,17H2,1-2H3,(H2,28,29,30,31,32). The van der Waals surface area contributed by atoms with Gasteiger partial charge in [-0.1, -0.05) is 55.8 Å². The highest BCUT2D eigenvalue weighted by molar-refractivity contribution is 5.94. The van der Waals surface area contributed by atoms with Gasteiger partial charge in [-0.2, -0.15) is 0 Å². The summed E-state index contributed by atoms with van der Waals surface area (Å²) < 4.78 is 4.71. The van der Waals surface area contributed by atoms with Crippen LogP contribution in [-0.2, 0) is 22.5 Å². The predicted octanol–water partition coefficient (Wildman–Crippen LogP) is 3.81. The Balaban J connectivity index is 1.52. The van der Waals surface area contributed by atoms with Gasteiger partial charge in [-0.15, -0.1) is 0 Å². The van der Waals surface area contributed by atoms with Gasteiger partial charge in [0, 0.05) is 12.6 Å². The number of esters is 1. The van der Waals surface area contributed by atoms with Crippen LogP contribution >= 0.6 is 0 Å². The number of carbonyl (C=O) groups excluding carboxylic acids is 2. The molecule has 1 heterocycles. The van der Waals surface area contributed by atoms with Gasteiger partial charge in [-0.3, -0.25) is 4.79 Å². The smallest absolute Gasteiger partial charge is 0.337 e. The van der Waals surface area contributed by atoms with Crippen LogP contribution in [0, 0.1) is 0 Å². The van der Waals surface area contributed by atoms with E-state index in [1.807, 2.05) is 30.3 Å². The van der Waals surface area contributed by atoms with Crippen LogP contribution in [0.1, 0.15) is 41.3 Å². The fraction of sp³-hybridized carbons (Fsp3) is 0.308. The summed E-state index contributed by atoms with van der Waals surface area (Å²) >= 11 is 0. The molecule has 1 aromatic heterocycles. The molecule has 1 unspecified atom stereocenters. The molecule has 8 heteroatoms. The van der Waals surface area contributed by atoms with Gasteiger partial charge in [-0.05, 0) is 42.6 Å². The van der Waals surface area contributed by atoms with Gasteiger partial charge in [0.05, 0.1) is 18.7 Å². The zero-order chi connectivity index (χ0) is 24.2. The van der Waals surface area contributed by atoms with E-state index in [4.69, 9.17) is 4.74 Å². The first-order valence-electron chi connectivity index (χ1n) is 11.4. The molecule has 3 N–H and O–H groups in total. The minimum atomic E-state index is -0.369. The lowest BCUT2D eigenvalue weighted by Crippen LogP contribution is -2.41. The Kier molecular flexibility index (Phi) is 9.54. The summed E-state index contributed by atoms with van der Waals surface area (Å²) in [5.74, 6) is 0.547. The molecule has 3 aromatic rings. The molecule has 0 aliphatic heterocycles. The van der Waals surface area contributed by atoms with Crippen molar-refractivity contribution >= 4 is 23.5 Å². The molecule has 0 radical (unpaired) electrons. The lowest BCUT2D eigenvalue weighted by molar-refractivity contribution is -0.118. The predicted molar refractivity (Wildman–Crippen MR) is 133 cm³/mol. The maximum Gasteiger partial charge on any atom is 0.337 e. The molecule has 0 saturated heterocycles. The second kappa shape index (κ2) is 13.1. The van der Waals surface area contributed by atoms with E-state index in [0.717, 1.165) is 24.8 Å². The molecule has 2 aromatic carbocycles. The Morgan fingerprint density at radius 1 is 0.971 bits per heavy atom. The number of rotatable bonds is 12. The number of amides is 1. The van der Waals surface area contributed by atoms with Gasteiger partial charge >= 0.3 is 5.97 Å². The molecule has 34 heavy (non-hydrogen) atoms. The highest BCUT2D eigenvalue weighted by Crippen LogP contribution is 2.13. The number of aromatic nitrogens is 2. The summed E-state index contributed by atoms with van der Waals surface area (Å²) in [7, 11) is 1.36. The maximum atomic E-state index is 12.9. The minimum absolute atomic E-state index is 0.113. The SMILES string of the molecule is CCCC(NCCc1ccccc1)C(=O)Nc1cc(NCc2ccc(C(=O)OC)cc2)ncn1. The Morgan fingerprint density at radius 2 is 1.71 bits per heavy atom. The van der Waals surface area contributed by atoms with Crippen LogP contribution in [0.2, 0.25) is 0 Å². The number of hydrogen-bond donors (Lipinski definition) is 3. The van der Waals surface area contributed by atoms with E-state index >= 15 is 0 Å². The second-order valence-corrected chi connectivity index (χ2v) is 7.85. The molecular formula is C26H31N5O3. The number of ether oxygens (including phenoxy) is 1. The number of nitrogens with one attached hydrogen (secondary N) is 3. The van der Waals surface area contributed by atoms with E-state index in [-0.39, 0.29) is 17.9 Å². The van der Waals surface area contributed by atoms with Gasteiger partial charge < -0.3 is 20.7 Å². The first-order chi connectivity index (χ1) is 16.6. The number of methoxy groups -OCH3 is 1. The van der Waals surface area contributed by atoms with Crippen LogP contribution in [-0.4, -0.2) is 41.5 Å². The average molecular weight is 462 g/mol. The lowest BCUT2D eigenvalue weighted by Gasteiger charge is -2.18. The zero-order valence-electron chi connectivity index (χ0n) is 19.6. The van der Waals surface area contributed by atoms with Crippen molar-refractivity contribution in [1.29, 1.82) is 0 Å². The second-order valence-electron chi connectivity index (χ2n) is 7.85. The van der Waals surface area contributed by atoms with Crippen molar-refractivity contribution in [2.75, 3.05) is 24.3 Å². The molecule has 0 spiro atoms. The average Bonchev–Trinajstić information content (AvgIpc) is 2.87. The van der Waals surface area contributed by atoms with Gasteiger partial charge in [-0.25, -0.2) is 14.8 Å². The Morgan fingerprint density at radius 3 is 2.41 bits per heavy atom. The number of hydrogen-bond acceptors (Lipinski definition) is 7. The zero-order valence-corrected chi connectivity index (χ0v) is 19.6. The molecule has 0 fully saturated rings. The Bertz CT molecular complexity index is 1060. The van der Waals surface area contributed by atoms with Crippen molar-refractivity contribution in [3.05, 3.63) is 83.7 Å². The van der Waals surface area contributed by atoms with Crippen molar-refractivity contribution in [3.63, 3.8) is 0 Å². The number of nitrogens with zero attached hydrogens (tertiary/aromatic N) is 2. The third kappa shape index (κ3) is 7.67. The van der Waals surface area contributed by atoms with Gasteiger partial charge in [0.15, 0.2) is 0 Å². The number of carbonyl (C=O) groups is 2. The largest absolute Gasteiger partial charge is 0.465 e. The van der Waals surface area contributed by atoms with Crippen LogP contribution < -0.4 is 16.0 Å². The van der Waals surface area contributed by atoms with Gasteiger partial charge in [0.25, 0.3) is 0 Å².